The summed E-state index contributed by atoms with van der Waals surface area (Å²) in [4.78, 5) is 16.4. The lowest BCUT2D eigenvalue weighted by Gasteiger charge is -2.33. The van der Waals surface area contributed by atoms with Crippen LogP contribution >= 0.6 is 0 Å². The maximum atomic E-state index is 5.89. The molecule has 1 aliphatic rings. The third kappa shape index (κ3) is 3.29. The van der Waals surface area contributed by atoms with Crippen LogP contribution in [0.25, 0.3) is 5.95 Å². The lowest BCUT2D eigenvalue weighted by atomic mass is 9.76. The topological polar surface area (TPSA) is 91.7 Å². The summed E-state index contributed by atoms with van der Waals surface area (Å²) >= 11 is 0. The first-order valence-corrected chi connectivity index (χ1v) is 7.18. The fourth-order valence-electron chi connectivity index (χ4n) is 2.55. The van der Waals surface area contributed by atoms with Crippen molar-refractivity contribution in [3.05, 3.63) is 18.7 Å². The normalized spacial score (nSPS) is 18.6. The lowest BCUT2D eigenvalue weighted by Crippen LogP contribution is -2.29. The summed E-state index contributed by atoms with van der Waals surface area (Å²) in [5.74, 6) is 0.575. The minimum Gasteiger partial charge on any atom is -0.460 e. The molecular weight excluding hydrogens is 268 g/mol. The summed E-state index contributed by atoms with van der Waals surface area (Å²) < 4.78 is 7.57. The first-order valence-electron chi connectivity index (χ1n) is 7.18. The van der Waals surface area contributed by atoms with E-state index in [1.165, 1.54) is 0 Å². The highest BCUT2D eigenvalue weighted by atomic mass is 16.5. The van der Waals surface area contributed by atoms with E-state index in [1.807, 2.05) is 0 Å². The zero-order valence-corrected chi connectivity index (χ0v) is 12.4. The van der Waals surface area contributed by atoms with E-state index in [0.29, 0.717) is 11.4 Å². The predicted molar refractivity (Wildman–Crippen MR) is 78.0 cm³/mol. The van der Waals surface area contributed by atoms with Gasteiger partial charge < -0.3 is 10.5 Å². The molecule has 7 heteroatoms. The second-order valence-corrected chi connectivity index (χ2v) is 6.23. The van der Waals surface area contributed by atoms with Gasteiger partial charge in [-0.1, -0.05) is 13.8 Å². The van der Waals surface area contributed by atoms with Gasteiger partial charge in [-0.3, -0.25) is 4.57 Å². The van der Waals surface area contributed by atoms with Gasteiger partial charge in [-0.15, -0.1) is 0 Å². The molecule has 2 heterocycles. The summed E-state index contributed by atoms with van der Waals surface area (Å²) in [7, 11) is 0. The first kappa shape index (κ1) is 13.8. The van der Waals surface area contributed by atoms with Crippen molar-refractivity contribution in [2.24, 2.45) is 5.41 Å². The molecule has 1 aliphatic carbocycles. The summed E-state index contributed by atoms with van der Waals surface area (Å²) in [6.07, 6.45) is 9.49. The van der Waals surface area contributed by atoms with Gasteiger partial charge in [-0.2, -0.15) is 15.0 Å². The Morgan fingerprint density at radius 2 is 2.00 bits per heavy atom. The summed E-state index contributed by atoms with van der Waals surface area (Å²) in [6, 6.07) is 0.288. The molecule has 2 N–H and O–H groups in total. The molecule has 1 fully saturated rings. The van der Waals surface area contributed by atoms with Crippen molar-refractivity contribution in [2.45, 2.75) is 45.6 Å². The third-order valence-electron chi connectivity index (χ3n) is 3.91. The van der Waals surface area contributed by atoms with Gasteiger partial charge in [0.1, 0.15) is 12.4 Å². The monoisotopic (exact) mass is 288 g/mol. The number of nitrogen functional groups attached to an aromatic ring is 1. The van der Waals surface area contributed by atoms with Crippen LogP contribution in [0.1, 0.15) is 39.5 Å². The quantitative estimate of drug-likeness (QED) is 0.928. The molecule has 3 rings (SSSR count). The van der Waals surface area contributed by atoms with Crippen LogP contribution in [-0.2, 0) is 0 Å². The first-order chi connectivity index (χ1) is 10.0. The predicted octanol–water partition coefficient (Wildman–Crippen LogP) is 1.99. The molecule has 0 unspecified atom stereocenters. The van der Waals surface area contributed by atoms with E-state index in [1.54, 1.807) is 23.3 Å². The average molecular weight is 288 g/mol. The molecule has 1 saturated carbocycles. The number of hydrogen-bond donors (Lipinski definition) is 1. The molecule has 0 amide bonds. The number of anilines is 1. The molecule has 0 aromatic carbocycles. The number of ether oxygens (including phenoxy) is 1. The molecule has 0 atom stereocenters. The maximum Gasteiger partial charge on any atom is 0.323 e. The van der Waals surface area contributed by atoms with Gasteiger partial charge in [0.25, 0.3) is 0 Å². The van der Waals surface area contributed by atoms with Gasteiger partial charge in [0.15, 0.2) is 0 Å². The fraction of sp³-hybridized carbons (Fsp3) is 0.571. The molecule has 0 radical (unpaired) electrons. The van der Waals surface area contributed by atoms with Crippen LogP contribution in [0.5, 0.6) is 6.01 Å². The fourth-order valence-corrected chi connectivity index (χ4v) is 2.55. The van der Waals surface area contributed by atoms with E-state index < -0.39 is 0 Å². The van der Waals surface area contributed by atoms with E-state index in [4.69, 9.17) is 10.5 Å². The Hall–Kier alpha value is -2.18. The van der Waals surface area contributed by atoms with Gasteiger partial charge in [-0.25, -0.2) is 4.98 Å². The van der Waals surface area contributed by atoms with Crippen LogP contribution in [-0.4, -0.2) is 30.6 Å². The third-order valence-corrected chi connectivity index (χ3v) is 3.91. The lowest BCUT2D eigenvalue weighted by molar-refractivity contribution is 0.0905. The average Bonchev–Trinajstić information content (AvgIpc) is 2.95. The molecular formula is C14H20N6O. The van der Waals surface area contributed by atoms with E-state index in [0.717, 1.165) is 25.7 Å². The van der Waals surface area contributed by atoms with Crippen molar-refractivity contribution in [3.63, 3.8) is 0 Å². The van der Waals surface area contributed by atoms with Gasteiger partial charge >= 0.3 is 6.01 Å². The van der Waals surface area contributed by atoms with E-state index in [-0.39, 0.29) is 18.1 Å². The van der Waals surface area contributed by atoms with Crippen LogP contribution in [0, 0.1) is 5.41 Å². The van der Waals surface area contributed by atoms with Crippen LogP contribution in [0.3, 0.4) is 0 Å². The highest BCUT2D eigenvalue weighted by molar-refractivity contribution is 5.25. The van der Waals surface area contributed by atoms with E-state index in [9.17, 15) is 0 Å². The van der Waals surface area contributed by atoms with Gasteiger partial charge in [0, 0.05) is 12.4 Å². The molecule has 112 valence electrons. The van der Waals surface area contributed by atoms with Crippen molar-refractivity contribution in [2.75, 3.05) is 5.73 Å². The highest BCUT2D eigenvalue weighted by Crippen LogP contribution is 2.36. The summed E-state index contributed by atoms with van der Waals surface area (Å²) in [5.41, 5.74) is 6.14. The molecule has 0 aliphatic heterocycles. The molecule has 0 bridgehead atoms. The SMILES string of the molecule is CC1(C)CCC(Oc2nc(N)nc(-n3ccnc3)n2)CC1. The van der Waals surface area contributed by atoms with Gasteiger partial charge in [0.2, 0.25) is 11.9 Å². The summed E-state index contributed by atoms with van der Waals surface area (Å²) in [6.45, 7) is 4.59. The number of aromatic nitrogens is 5. The molecule has 2 aromatic heterocycles. The number of imidazole rings is 1. The van der Waals surface area contributed by atoms with Crippen molar-refractivity contribution in [1.29, 1.82) is 0 Å². The van der Waals surface area contributed by atoms with Crippen LogP contribution < -0.4 is 10.5 Å². The zero-order valence-electron chi connectivity index (χ0n) is 12.4. The zero-order chi connectivity index (χ0) is 14.9. The maximum absolute atomic E-state index is 5.89. The Balaban J connectivity index is 1.74. The molecule has 21 heavy (non-hydrogen) atoms. The Bertz CT molecular complexity index is 600. The number of rotatable bonds is 3. The second kappa shape index (κ2) is 5.31. The number of nitrogens with two attached hydrogens (primary N) is 1. The molecule has 7 nitrogen and oxygen atoms in total. The number of hydrogen-bond acceptors (Lipinski definition) is 6. The molecule has 0 saturated heterocycles. The number of nitrogens with zero attached hydrogens (tertiary/aromatic N) is 5. The Morgan fingerprint density at radius 1 is 1.24 bits per heavy atom. The Labute approximate surface area is 123 Å². The smallest absolute Gasteiger partial charge is 0.323 e. The highest BCUT2D eigenvalue weighted by Gasteiger charge is 2.28. The molecule has 2 aromatic rings. The standard InChI is InChI=1S/C14H20N6O/c1-14(2)5-3-10(4-6-14)21-13-18-11(15)17-12(19-13)20-8-7-16-9-20/h7-10H,3-6H2,1-2H3,(H2,15,17,18,19). The van der Waals surface area contributed by atoms with Crippen LogP contribution in [0.15, 0.2) is 18.7 Å². The van der Waals surface area contributed by atoms with E-state index in [2.05, 4.69) is 33.8 Å². The second-order valence-electron chi connectivity index (χ2n) is 6.23. The van der Waals surface area contributed by atoms with Crippen LogP contribution in [0.4, 0.5) is 5.95 Å². The van der Waals surface area contributed by atoms with E-state index >= 15 is 0 Å². The molecule has 0 spiro atoms. The minimum absolute atomic E-state index is 0.149. The largest absolute Gasteiger partial charge is 0.460 e. The van der Waals surface area contributed by atoms with Crippen molar-refractivity contribution in [3.8, 4) is 12.0 Å². The van der Waals surface area contributed by atoms with Crippen molar-refractivity contribution in [1.82, 2.24) is 24.5 Å². The van der Waals surface area contributed by atoms with Crippen molar-refractivity contribution >= 4 is 5.95 Å². The minimum atomic E-state index is 0.149. The van der Waals surface area contributed by atoms with Gasteiger partial charge in [0.05, 0.1) is 0 Å². The van der Waals surface area contributed by atoms with Crippen molar-refractivity contribution < 1.29 is 4.74 Å². The Kier molecular flexibility index (Phi) is 3.48. The summed E-state index contributed by atoms with van der Waals surface area (Å²) in [5, 5.41) is 0. The van der Waals surface area contributed by atoms with Gasteiger partial charge in [-0.05, 0) is 31.1 Å². The Morgan fingerprint density at radius 3 is 2.67 bits per heavy atom. The van der Waals surface area contributed by atoms with Crippen LogP contribution in [0.2, 0.25) is 0 Å².